The molecular weight excluding hydrogens is 450 g/mol. The lowest BCUT2D eigenvalue weighted by molar-refractivity contribution is -0.141. The third-order valence-corrected chi connectivity index (χ3v) is 6.07. The predicted octanol–water partition coefficient (Wildman–Crippen LogP) is 4.23. The first-order valence-corrected chi connectivity index (χ1v) is 11.4. The maximum absolute atomic E-state index is 13.3. The predicted molar refractivity (Wildman–Crippen MR) is 116 cm³/mol. The van der Waals surface area contributed by atoms with Crippen molar-refractivity contribution in [2.45, 2.75) is 36.9 Å². The molecule has 0 saturated carbocycles. The molecule has 0 aliphatic carbocycles. The van der Waals surface area contributed by atoms with Crippen LogP contribution in [0.3, 0.4) is 0 Å². The molecule has 0 radical (unpaired) electrons. The smallest absolute Gasteiger partial charge is 0.256 e. The Labute approximate surface area is 189 Å². The molecule has 0 spiro atoms. The molecule has 2 aromatic rings. The standard InChI is InChI=1S/C21H23Cl2FN2O3S/c22-20(23)21(28)26(12-17-3-1-9-29-17)14-19(27)25(13-18-4-2-10-30-18)11-15-5-7-16(24)8-6-15/h2,4-8,10,17,20H,1,3,9,11-14H2. The fourth-order valence-corrected chi connectivity index (χ4v) is 4.30. The largest absolute Gasteiger partial charge is 0.376 e. The first kappa shape index (κ1) is 23.0. The highest BCUT2D eigenvalue weighted by Gasteiger charge is 2.29. The van der Waals surface area contributed by atoms with Gasteiger partial charge in [0.1, 0.15) is 5.82 Å². The molecule has 0 bridgehead atoms. The molecule has 9 heteroatoms. The summed E-state index contributed by atoms with van der Waals surface area (Å²) >= 11 is 13.2. The van der Waals surface area contributed by atoms with Crippen LogP contribution < -0.4 is 0 Å². The van der Waals surface area contributed by atoms with Crippen LogP contribution in [0.1, 0.15) is 23.3 Å². The Balaban J connectivity index is 1.74. The van der Waals surface area contributed by atoms with Crippen molar-refractivity contribution in [3.8, 4) is 0 Å². The van der Waals surface area contributed by atoms with E-state index in [2.05, 4.69) is 0 Å². The number of thiophene rings is 1. The van der Waals surface area contributed by atoms with Gasteiger partial charge in [0, 0.05) is 24.6 Å². The van der Waals surface area contributed by atoms with Crippen LogP contribution in [0.4, 0.5) is 4.39 Å². The van der Waals surface area contributed by atoms with Crippen molar-refractivity contribution in [1.29, 1.82) is 0 Å². The number of nitrogens with zero attached hydrogens (tertiary/aromatic N) is 2. The maximum atomic E-state index is 13.3. The number of benzene rings is 1. The normalized spacial score (nSPS) is 16.1. The molecule has 2 amide bonds. The van der Waals surface area contributed by atoms with Gasteiger partial charge in [-0.1, -0.05) is 41.4 Å². The zero-order valence-corrected chi connectivity index (χ0v) is 18.6. The van der Waals surface area contributed by atoms with Gasteiger partial charge in [0.25, 0.3) is 5.91 Å². The van der Waals surface area contributed by atoms with Crippen molar-refractivity contribution < 1.29 is 18.7 Å². The van der Waals surface area contributed by atoms with Crippen molar-refractivity contribution >= 4 is 46.4 Å². The molecule has 3 rings (SSSR count). The monoisotopic (exact) mass is 472 g/mol. The highest BCUT2D eigenvalue weighted by atomic mass is 35.5. The highest BCUT2D eigenvalue weighted by molar-refractivity contribution is 7.09. The highest BCUT2D eigenvalue weighted by Crippen LogP contribution is 2.18. The summed E-state index contributed by atoms with van der Waals surface area (Å²) in [5, 5.41) is 1.94. The van der Waals surface area contributed by atoms with E-state index in [0.717, 1.165) is 23.3 Å². The first-order chi connectivity index (χ1) is 14.4. The number of carbonyl (C=O) groups is 2. The molecule has 2 heterocycles. The van der Waals surface area contributed by atoms with Gasteiger partial charge in [-0.25, -0.2) is 4.39 Å². The van der Waals surface area contributed by atoms with E-state index in [1.165, 1.54) is 17.0 Å². The summed E-state index contributed by atoms with van der Waals surface area (Å²) < 4.78 is 18.9. The van der Waals surface area contributed by atoms with E-state index in [1.54, 1.807) is 28.4 Å². The Morgan fingerprint density at radius 1 is 1.17 bits per heavy atom. The zero-order chi connectivity index (χ0) is 21.5. The molecule has 1 atom stereocenters. The van der Waals surface area contributed by atoms with Crippen LogP contribution >= 0.6 is 34.5 Å². The minimum Gasteiger partial charge on any atom is -0.376 e. The number of hydrogen-bond acceptors (Lipinski definition) is 4. The Morgan fingerprint density at radius 3 is 2.53 bits per heavy atom. The molecule has 1 aromatic carbocycles. The molecule has 1 aliphatic rings. The Hall–Kier alpha value is -1.67. The first-order valence-electron chi connectivity index (χ1n) is 9.65. The average molecular weight is 473 g/mol. The summed E-state index contributed by atoms with van der Waals surface area (Å²) in [6.45, 7) is 1.44. The van der Waals surface area contributed by atoms with Crippen molar-refractivity contribution in [1.82, 2.24) is 9.80 Å². The van der Waals surface area contributed by atoms with E-state index in [4.69, 9.17) is 27.9 Å². The second-order valence-corrected chi connectivity index (χ2v) is 9.24. The van der Waals surface area contributed by atoms with Gasteiger partial charge in [-0.15, -0.1) is 11.3 Å². The summed E-state index contributed by atoms with van der Waals surface area (Å²) in [5.74, 6) is -1.09. The summed E-state index contributed by atoms with van der Waals surface area (Å²) in [4.78, 5) is 28.5. The van der Waals surface area contributed by atoms with Crippen molar-refractivity contribution in [3.63, 3.8) is 0 Å². The van der Waals surface area contributed by atoms with E-state index in [1.807, 2.05) is 17.5 Å². The third kappa shape index (κ3) is 6.67. The Kier molecular flexibility index (Phi) is 8.50. The summed E-state index contributed by atoms with van der Waals surface area (Å²) in [7, 11) is 0. The number of ether oxygens (including phenoxy) is 1. The molecular formula is C21H23Cl2FN2O3S. The van der Waals surface area contributed by atoms with Gasteiger partial charge in [0.05, 0.1) is 19.2 Å². The van der Waals surface area contributed by atoms with Gasteiger partial charge in [-0.05, 0) is 42.0 Å². The van der Waals surface area contributed by atoms with Gasteiger partial charge in [0.2, 0.25) is 5.91 Å². The van der Waals surface area contributed by atoms with Crippen LogP contribution in [0.25, 0.3) is 0 Å². The lowest BCUT2D eigenvalue weighted by atomic mass is 10.2. The van der Waals surface area contributed by atoms with E-state index >= 15 is 0 Å². The lowest BCUT2D eigenvalue weighted by Crippen LogP contribution is -2.46. The number of halogens is 3. The van der Waals surface area contributed by atoms with Crippen molar-refractivity contribution in [3.05, 3.63) is 58.0 Å². The average Bonchev–Trinajstić information content (AvgIpc) is 3.42. The number of hydrogen-bond donors (Lipinski definition) is 0. The molecule has 5 nitrogen and oxygen atoms in total. The molecule has 1 aliphatic heterocycles. The van der Waals surface area contributed by atoms with E-state index in [0.29, 0.717) is 19.7 Å². The van der Waals surface area contributed by atoms with Crippen molar-refractivity contribution in [2.24, 2.45) is 0 Å². The fraction of sp³-hybridized carbons (Fsp3) is 0.429. The SMILES string of the molecule is O=C(CN(CC1CCCO1)C(=O)C(Cl)Cl)N(Cc1ccc(F)cc1)Cc1cccs1. The van der Waals surface area contributed by atoms with Gasteiger partial charge in [-0.2, -0.15) is 0 Å². The minimum atomic E-state index is -1.25. The van der Waals surface area contributed by atoms with Crippen LogP contribution in [0.15, 0.2) is 41.8 Å². The molecule has 1 fully saturated rings. The Bertz CT molecular complexity index is 827. The maximum Gasteiger partial charge on any atom is 0.256 e. The van der Waals surface area contributed by atoms with Crippen LogP contribution in [0, 0.1) is 5.82 Å². The molecule has 1 aromatic heterocycles. The molecule has 162 valence electrons. The number of alkyl halides is 2. The summed E-state index contributed by atoms with van der Waals surface area (Å²) in [6.07, 6.45) is 1.61. The quantitative estimate of drug-likeness (QED) is 0.513. The van der Waals surface area contributed by atoms with Gasteiger partial charge < -0.3 is 14.5 Å². The van der Waals surface area contributed by atoms with Gasteiger partial charge >= 0.3 is 0 Å². The second kappa shape index (κ2) is 11.1. The molecule has 1 unspecified atom stereocenters. The van der Waals surface area contributed by atoms with Crippen LogP contribution in [0.2, 0.25) is 0 Å². The fourth-order valence-electron chi connectivity index (χ4n) is 3.30. The zero-order valence-electron chi connectivity index (χ0n) is 16.3. The molecule has 1 saturated heterocycles. The number of carbonyl (C=O) groups excluding carboxylic acids is 2. The van der Waals surface area contributed by atoms with Gasteiger partial charge in [-0.3, -0.25) is 9.59 Å². The van der Waals surface area contributed by atoms with Crippen LogP contribution in [-0.4, -0.2) is 52.3 Å². The third-order valence-electron chi connectivity index (χ3n) is 4.84. The minimum absolute atomic E-state index is 0.128. The molecule has 0 N–H and O–H groups in total. The van der Waals surface area contributed by atoms with E-state index in [-0.39, 0.29) is 30.9 Å². The topological polar surface area (TPSA) is 49.9 Å². The summed E-state index contributed by atoms with van der Waals surface area (Å²) in [5.41, 5.74) is 0.797. The number of rotatable bonds is 9. The lowest BCUT2D eigenvalue weighted by Gasteiger charge is -2.29. The van der Waals surface area contributed by atoms with Gasteiger partial charge in [0.15, 0.2) is 4.84 Å². The summed E-state index contributed by atoms with van der Waals surface area (Å²) in [6, 6.07) is 9.88. The Morgan fingerprint density at radius 2 is 1.93 bits per heavy atom. The van der Waals surface area contributed by atoms with Crippen LogP contribution in [0.5, 0.6) is 0 Å². The van der Waals surface area contributed by atoms with Crippen molar-refractivity contribution in [2.75, 3.05) is 19.7 Å². The molecule has 30 heavy (non-hydrogen) atoms. The van der Waals surface area contributed by atoms with E-state index < -0.39 is 10.7 Å². The number of amides is 2. The second-order valence-electron chi connectivity index (χ2n) is 7.11. The van der Waals surface area contributed by atoms with E-state index in [9.17, 15) is 14.0 Å². The van der Waals surface area contributed by atoms with Crippen LogP contribution in [-0.2, 0) is 27.4 Å².